The number of amides is 1. The lowest BCUT2D eigenvalue weighted by atomic mass is 9.91. The number of carbonyl (C=O) groups excluding carboxylic acids is 1. The number of anilines is 1. The van der Waals surface area contributed by atoms with Crippen LogP contribution >= 0.6 is 0 Å². The monoisotopic (exact) mass is 379 g/mol. The van der Waals surface area contributed by atoms with Crippen molar-refractivity contribution in [1.82, 2.24) is 0 Å². The van der Waals surface area contributed by atoms with E-state index in [9.17, 15) is 9.59 Å². The van der Waals surface area contributed by atoms with Gasteiger partial charge >= 0.3 is 5.63 Å². The number of benzene rings is 2. The first-order valence-corrected chi connectivity index (χ1v) is 9.30. The predicted molar refractivity (Wildman–Crippen MR) is 106 cm³/mol. The van der Waals surface area contributed by atoms with E-state index in [2.05, 4.69) is 5.32 Å². The summed E-state index contributed by atoms with van der Waals surface area (Å²) in [4.78, 5) is 24.4. The summed E-state index contributed by atoms with van der Waals surface area (Å²) in [5, 5.41) is 3.70. The molecule has 6 heteroatoms. The van der Waals surface area contributed by atoms with Crippen LogP contribution in [0.3, 0.4) is 0 Å². The molecule has 0 atom stereocenters. The maximum absolute atomic E-state index is 12.2. The Balaban J connectivity index is 1.49. The van der Waals surface area contributed by atoms with Gasteiger partial charge in [-0.15, -0.1) is 0 Å². The smallest absolute Gasteiger partial charge is 0.339 e. The fraction of sp³-hybridized carbons (Fsp3) is 0.273. The molecule has 6 nitrogen and oxygen atoms in total. The van der Waals surface area contributed by atoms with Crippen molar-refractivity contribution < 1.29 is 18.7 Å². The van der Waals surface area contributed by atoms with Crippen LogP contribution in [-0.2, 0) is 17.6 Å². The molecular weight excluding hydrogens is 358 g/mol. The number of para-hydroxylation sites is 2. The SMILES string of the molecule is COc1ccccc1NC(=O)COc1ccc2c3c(c(=O)oc2c1)CCCC3. The first-order chi connectivity index (χ1) is 13.7. The molecule has 2 aromatic carbocycles. The Morgan fingerprint density at radius 1 is 1.11 bits per heavy atom. The van der Waals surface area contributed by atoms with E-state index in [1.165, 1.54) is 0 Å². The summed E-state index contributed by atoms with van der Waals surface area (Å²) < 4.78 is 16.3. The number of ether oxygens (including phenoxy) is 2. The van der Waals surface area contributed by atoms with Crippen molar-refractivity contribution in [3.05, 3.63) is 64.0 Å². The minimum Gasteiger partial charge on any atom is -0.495 e. The molecular formula is C22H21NO5. The largest absolute Gasteiger partial charge is 0.495 e. The average molecular weight is 379 g/mol. The molecule has 0 bridgehead atoms. The van der Waals surface area contributed by atoms with E-state index in [0.717, 1.165) is 42.2 Å². The second-order valence-corrected chi connectivity index (χ2v) is 6.75. The van der Waals surface area contributed by atoms with Gasteiger partial charge in [-0.05, 0) is 55.5 Å². The molecule has 1 heterocycles. The Morgan fingerprint density at radius 2 is 1.89 bits per heavy atom. The fourth-order valence-electron chi connectivity index (χ4n) is 3.60. The molecule has 3 aromatic rings. The Bertz CT molecular complexity index is 1090. The van der Waals surface area contributed by atoms with Crippen molar-refractivity contribution >= 4 is 22.6 Å². The lowest BCUT2D eigenvalue weighted by Crippen LogP contribution is -2.20. The Morgan fingerprint density at radius 3 is 2.71 bits per heavy atom. The standard InChI is InChI=1S/C22H21NO5/c1-26-19-9-5-4-8-18(19)23-21(24)13-27-14-10-11-16-15-6-2-3-7-17(15)22(25)28-20(16)12-14/h4-5,8-12H,2-3,6-7,13H2,1H3,(H,23,24). The van der Waals surface area contributed by atoms with Crippen LogP contribution in [0.4, 0.5) is 5.69 Å². The molecule has 0 fully saturated rings. The van der Waals surface area contributed by atoms with Gasteiger partial charge in [0.1, 0.15) is 17.1 Å². The molecule has 144 valence electrons. The van der Waals surface area contributed by atoms with Gasteiger partial charge < -0.3 is 19.2 Å². The molecule has 28 heavy (non-hydrogen) atoms. The Labute approximate surface area is 162 Å². The zero-order valence-electron chi connectivity index (χ0n) is 15.6. The molecule has 1 amide bonds. The van der Waals surface area contributed by atoms with Gasteiger partial charge in [-0.1, -0.05) is 12.1 Å². The van der Waals surface area contributed by atoms with Crippen LogP contribution in [0.2, 0.25) is 0 Å². The number of hydrogen-bond donors (Lipinski definition) is 1. The number of methoxy groups -OCH3 is 1. The van der Waals surface area contributed by atoms with Gasteiger partial charge in [0.05, 0.1) is 12.8 Å². The van der Waals surface area contributed by atoms with E-state index in [1.54, 1.807) is 31.4 Å². The second kappa shape index (κ2) is 7.76. The maximum Gasteiger partial charge on any atom is 0.339 e. The van der Waals surface area contributed by atoms with Crippen molar-refractivity contribution in [3.8, 4) is 11.5 Å². The normalized spacial score (nSPS) is 13.0. The first kappa shape index (κ1) is 18.1. The number of aryl methyl sites for hydroxylation is 1. The van der Waals surface area contributed by atoms with Crippen LogP contribution in [0.1, 0.15) is 24.0 Å². The lowest BCUT2D eigenvalue weighted by Gasteiger charge is -2.16. The molecule has 1 aromatic heterocycles. The highest BCUT2D eigenvalue weighted by Gasteiger charge is 2.18. The third-order valence-electron chi connectivity index (χ3n) is 4.95. The molecule has 0 spiro atoms. The van der Waals surface area contributed by atoms with E-state index in [0.29, 0.717) is 22.8 Å². The van der Waals surface area contributed by atoms with Crippen LogP contribution in [0, 0.1) is 0 Å². The number of rotatable bonds is 5. The van der Waals surface area contributed by atoms with Gasteiger partial charge in [-0.2, -0.15) is 0 Å². The highest BCUT2D eigenvalue weighted by molar-refractivity contribution is 5.93. The van der Waals surface area contributed by atoms with Gasteiger partial charge in [-0.3, -0.25) is 4.79 Å². The fourth-order valence-corrected chi connectivity index (χ4v) is 3.60. The van der Waals surface area contributed by atoms with E-state index in [-0.39, 0.29) is 18.1 Å². The van der Waals surface area contributed by atoms with Gasteiger partial charge in [-0.25, -0.2) is 4.79 Å². The molecule has 4 rings (SSSR count). The first-order valence-electron chi connectivity index (χ1n) is 9.30. The zero-order valence-corrected chi connectivity index (χ0v) is 15.6. The second-order valence-electron chi connectivity index (χ2n) is 6.75. The number of nitrogens with one attached hydrogen (secondary N) is 1. The third-order valence-corrected chi connectivity index (χ3v) is 4.95. The van der Waals surface area contributed by atoms with Crippen molar-refractivity contribution in [2.75, 3.05) is 19.0 Å². The summed E-state index contributed by atoms with van der Waals surface area (Å²) in [7, 11) is 1.54. The molecule has 0 radical (unpaired) electrons. The summed E-state index contributed by atoms with van der Waals surface area (Å²) in [6.45, 7) is -0.168. The van der Waals surface area contributed by atoms with Crippen LogP contribution in [0.5, 0.6) is 11.5 Å². The zero-order chi connectivity index (χ0) is 19.5. The molecule has 1 aliphatic rings. The Kier molecular flexibility index (Phi) is 5.02. The predicted octanol–water partition coefficient (Wildman–Crippen LogP) is 3.70. The highest BCUT2D eigenvalue weighted by Crippen LogP contribution is 2.29. The van der Waals surface area contributed by atoms with Crippen LogP contribution in [0.15, 0.2) is 51.7 Å². The summed E-state index contributed by atoms with van der Waals surface area (Å²) in [5.41, 5.74) is 2.68. The number of hydrogen-bond acceptors (Lipinski definition) is 5. The summed E-state index contributed by atoms with van der Waals surface area (Å²) in [6.07, 6.45) is 3.76. The van der Waals surface area contributed by atoms with Crippen molar-refractivity contribution in [2.24, 2.45) is 0 Å². The van der Waals surface area contributed by atoms with Crippen molar-refractivity contribution in [2.45, 2.75) is 25.7 Å². The molecule has 0 unspecified atom stereocenters. The van der Waals surface area contributed by atoms with Gasteiger partial charge in [0, 0.05) is 17.0 Å². The maximum atomic E-state index is 12.2. The van der Waals surface area contributed by atoms with Crippen LogP contribution in [0.25, 0.3) is 11.0 Å². The van der Waals surface area contributed by atoms with Crippen LogP contribution < -0.4 is 20.4 Å². The van der Waals surface area contributed by atoms with Crippen molar-refractivity contribution in [1.29, 1.82) is 0 Å². The molecule has 0 saturated heterocycles. The minimum absolute atomic E-state index is 0.168. The van der Waals surface area contributed by atoms with E-state index in [4.69, 9.17) is 13.9 Å². The molecule has 1 aliphatic carbocycles. The lowest BCUT2D eigenvalue weighted by molar-refractivity contribution is -0.118. The van der Waals surface area contributed by atoms with E-state index >= 15 is 0 Å². The van der Waals surface area contributed by atoms with Gasteiger partial charge in [0.25, 0.3) is 5.91 Å². The summed E-state index contributed by atoms with van der Waals surface area (Å²) in [5.74, 6) is 0.742. The average Bonchev–Trinajstić information content (AvgIpc) is 2.73. The van der Waals surface area contributed by atoms with E-state index in [1.807, 2.05) is 18.2 Å². The minimum atomic E-state index is -0.309. The highest BCUT2D eigenvalue weighted by atomic mass is 16.5. The number of carbonyl (C=O) groups is 1. The van der Waals surface area contributed by atoms with Gasteiger partial charge in [0.2, 0.25) is 0 Å². The molecule has 0 aliphatic heterocycles. The van der Waals surface area contributed by atoms with Crippen LogP contribution in [-0.4, -0.2) is 19.6 Å². The molecule has 1 N–H and O–H groups in total. The number of fused-ring (bicyclic) bond motifs is 3. The van der Waals surface area contributed by atoms with Crippen molar-refractivity contribution in [3.63, 3.8) is 0 Å². The van der Waals surface area contributed by atoms with E-state index < -0.39 is 0 Å². The molecule has 0 saturated carbocycles. The quantitative estimate of drug-likeness (QED) is 0.684. The summed E-state index contributed by atoms with van der Waals surface area (Å²) >= 11 is 0. The summed E-state index contributed by atoms with van der Waals surface area (Å²) in [6, 6.07) is 12.5. The Hall–Kier alpha value is -3.28. The topological polar surface area (TPSA) is 77.8 Å². The third kappa shape index (κ3) is 3.58. The van der Waals surface area contributed by atoms with Gasteiger partial charge in [0.15, 0.2) is 6.61 Å².